The fourth-order valence-electron chi connectivity index (χ4n) is 3.34. The van der Waals surface area contributed by atoms with Gasteiger partial charge in [-0.25, -0.2) is 4.98 Å². The molecule has 152 valence electrons. The summed E-state index contributed by atoms with van der Waals surface area (Å²) in [6.45, 7) is 0. The van der Waals surface area contributed by atoms with Crippen LogP contribution >= 0.6 is 11.3 Å². The van der Waals surface area contributed by atoms with Gasteiger partial charge in [-0.15, -0.1) is 5.10 Å². The average Bonchev–Trinajstić information content (AvgIpc) is 3.46. The first-order chi connectivity index (χ1) is 15.1. The molecule has 0 saturated heterocycles. The maximum atomic E-state index is 12.8. The van der Waals surface area contributed by atoms with Gasteiger partial charge in [-0.05, 0) is 35.9 Å². The Morgan fingerprint density at radius 3 is 2.52 bits per heavy atom. The van der Waals surface area contributed by atoms with Crippen LogP contribution in [-0.4, -0.2) is 24.1 Å². The lowest BCUT2D eigenvalue weighted by atomic mass is 10.1. The van der Waals surface area contributed by atoms with E-state index in [1.807, 2.05) is 53.2 Å². The van der Waals surface area contributed by atoms with Gasteiger partial charge in [0.25, 0.3) is 11.2 Å². The van der Waals surface area contributed by atoms with Gasteiger partial charge in [-0.2, -0.15) is 4.52 Å². The predicted octanol–water partition coefficient (Wildman–Crippen LogP) is 2.99. The zero-order chi connectivity index (χ0) is 21.4. The van der Waals surface area contributed by atoms with Crippen LogP contribution in [-0.2, 0) is 6.42 Å². The van der Waals surface area contributed by atoms with Gasteiger partial charge in [-0.3, -0.25) is 14.9 Å². The number of thiazole rings is 1. The Kier molecular flexibility index (Phi) is 4.64. The van der Waals surface area contributed by atoms with E-state index >= 15 is 0 Å². The smallest absolute Gasteiger partial charge is 0.291 e. The summed E-state index contributed by atoms with van der Waals surface area (Å²) < 4.78 is 3.72. The van der Waals surface area contributed by atoms with Crippen LogP contribution in [0, 0.1) is 10.1 Å². The maximum Gasteiger partial charge on any atom is 0.291 e. The summed E-state index contributed by atoms with van der Waals surface area (Å²) in [5, 5.41) is 15.3. The van der Waals surface area contributed by atoms with Gasteiger partial charge in [0.2, 0.25) is 4.96 Å². The van der Waals surface area contributed by atoms with Crippen LogP contribution in [0.5, 0.6) is 0 Å². The molecule has 0 N–H and O–H groups in total. The van der Waals surface area contributed by atoms with Crippen LogP contribution in [0.4, 0.5) is 5.69 Å². The van der Waals surface area contributed by atoms with Crippen molar-refractivity contribution in [2.45, 2.75) is 6.42 Å². The van der Waals surface area contributed by atoms with E-state index in [0.717, 1.165) is 16.9 Å². The van der Waals surface area contributed by atoms with Gasteiger partial charge in [0.05, 0.1) is 4.92 Å². The summed E-state index contributed by atoms with van der Waals surface area (Å²) in [6.07, 6.45) is 4.19. The molecule has 0 spiro atoms. The molecule has 8 nitrogen and oxygen atoms in total. The largest absolute Gasteiger partial charge is 0.317 e. The Labute approximate surface area is 179 Å². The normalized spacial score (nSPS) is 11.9. The highest BCUT2D eigenvalue weighted by molar-refractivity contribution is 7.15. The second kappa shape index (κ2) is 7.62. The summed E-state index contributed by atoms with van der Waals surface area (Å²) in [5.41, 5.74) is 2.43. The van der Waals surface area contributed by atoms with Crippen molar-refractivity contribution in [3.8, 4) is 5.69 Å². The van der Waals surface area contributed by atoms with E-state index in [2.05, 4.69) is 10.1 Å². The molecule has 5 aromatic rings. The van der Waals surface area contributed by atoms with Crippen LogP contribution in [0.3, 0.4) is 0 Å². The van der Waals surface area contributed by atoms with Crippen molar-refractivity contribution in [3.63, 3.8) is 0 Å². The van der Waals surface area contributed by atoms with Crippen LogP contribution in [0.1, 0.15) is 17.1 Å². The van der Waals surface area contributed by atoms with Gasteiger partial charge in [0.1, 0.15) is 4.53 Å². The molecule has 0 fully saturated rings. The van der Waals surface area contributed by atoms with Gasteiger partial charge in [0.15, 0.2) is 5.82 Å². The molecular formula is C22H15N5O3S. The third kappa shape index (κ3) is 3.62. The lowest BCUT2D eigenvalue weighted by molar-refractivity contribution is -0.384. The maximum absolute atomic E-state index is 12.8. The quantitative estimate of drug-likeness (QED) is 0.316. The van der Waals surface area contributed by atoms with Crippen molar-refractivity contribution in [3.05, 3.63) is 115 Å². The number of nitro benzene ring substituents is 1. The fourth-order valence-corrected chi connectivity index (χ4v) is 4.26. The zero-order valence-electron chi connectivity index (χ0n) is 16.1. The van der Waals surface area contributed by atoms with E-state index in [4.69, 9.17) is 0 Å². The minimum atomic E-state index is -0.434. The molecular weight excluding hydrogens is 414 g/mol. The molecule has 31 heavy (non-hydrogen) atoms. The fraction of sp³-hybridized carbons (Fsp3) is 0.0455. The van der Waals surface area contributed by atoms with Crippen molar-refractivity contribution in [2.24, 2.45) is 0 Å². The van der Waals surface area contributed by atoms with Gasteiger partial charge in [0, 0.05) is 36.1 Å². The number of nitro groups is 1. The number of benzene rings is 2. The highest BCUT2D eigenvalue weighted by Gasteiger charge is 2.12. The van der Waals surface area contributed by atoms with E-state index in [1.54, 1.807) is 18.2 Å². The van der Waals surface area contributed by atoms with Crippen LogP contribution < -0.4 is 10.1 Å². The number of aromatic nitrogens is 4. The molecule has 3 aromatic heterocycles. The molecule has 0 aliphatic rings. The first-order valence-corrected chi connectivity index (χ1v) is 10.3. The second-order valence-corrected chi connectivity index (χ2v) is 7.89. The number of nitrogens with zero attached hydrogens (tertiary/aromatic N) is 5. The summed E-state index contributed by atoms with van der Waals surface area (Å²) in [7, 11) is 0. The van der Waals surface area contributed by atoms with Gasteiger partial charge < -0.3 is 4.57 Å². The van der Waals surface area contributed by atoms with Gasteiger partial charge >= 0.3 is 0 Å². The van der Waals surface area contributed by atoms with Crippen LogP contribution in [0.15, 0.2) is 77.7 Å². The molecule has 5 rings (SSSR count). The molecule has 0 atom stereocenters. The van der Waals surface area contributed by atoms with Crippen molar-refractivity contribution >= 4 is 28.1 Å². The Hall–Kier alpha value is -4.11. The van der Waals surface area contributed by atoms with E-state index in [-0.39, 0.29) is 11.2 Å². The Morgan fingerprint density at radius 1 is 1.03 bits per heavy atom. The van der Waals surface area contributed by atoms with Crippen molar-refractivity contribution in [2.75, 3.05) is 0 Å². The van der Waals surface area contributed by atoms with Crippen LogP contribution in [0.2, 0.25) is 0 Å². The molecule has 2 aromatic carbocycles. The van der Waals surface area contributed by atoms with Crippen molar-refractivity contribution in [1.82, 2.24) is 19.2 Å². The molecule has 0 bridgehead atoms. The first-order valence-electron chi connectivity index (χ1n) is 9.45. The zero-order valence-corrected chi connectivity index (χ0v) is 16.9. The summed E-state index contributed by atoms with van der Waals surface area (Å²) in [5.74, 6) is 0.607. The standard InChI is InChI=1S/C22H15N5O3S/c28-21-19(31-22-23-20(24-26(21)22)13-15-5-2-1-3-6-15)14-18-7-4-12-25(18)16-8-10-17(11-9-16)27(29)30/h1-12,14H,13H2/b19-14-. The molecule has 0 unspecified atom stereocenters. The topological polar surface area (TPSA) is 95.3 Å². The number of non-ortho nitro benzene ring substituents is 1. The van der Waals surface area contributed by atoms with Crippen molar-refractivity contribution in [1.29, 1.82) is 0 Å². The van der Waals surface area contributed by atoms with E-state index in [0.29, 0.717) is 21.7 Å². The third-order valence-electron chi connectivity index (χ3n) is 4.83. The molecule has 0 radical (unpaired) electrons. The number of hydrogen-bond acceptors (Lipinski definition) is 6. The van der Waals surface area contributed by atoms with Crippen LogP contribution in [0.25, 0.3) is 16.7 Å². The number of hydrogen-bond donors (Lipinski definition) is 0. The Balaban J connectivity index is 1.49. The average molecular weight is 429 g/mol. The third-order valence-corrected chi connectivity index (χ3v) is 5.79. The monoisotopic (exact) mass is 429 g/mol. The SMILES string of the molecule is O=c1/c(=C/c2cccn2-c2ccc([N+](=O)[O-])cc2)sc2nc(Cc3ccccc3)nn12. The lowest BCUT2D eigenvalue weighted by Crippen LogP contribution is -2.24. The van der Waals surface area contributed by atoms with E-state index in [1.165, 1.54) is 28.0 Å². The highest BCUT2D eigenvalue weighted by Crippen LogP contribution is 2.18. The number of fused-ring (bicyclic) bond motifs is 1. The molecule has 3 heterocycles. The molecule has 9 heteroatoms. The minimum absolute atomic E-state index is 0.0279. The predicted molar refractivity (Wildman–Crippen MR) is 118 cm³/mol. The van der Waals surface area contributed by atoms with E-state index in [9.17, 15) is 14.9 Å². The summed E-state index contributed by atoms with van der Waals surface area (Å²) in [4.78, 5) is 28.3. The molecule has 0 aliphatic carbocycles. The molecule has 0 aliphatic heterocycles. The Morgan fingerprint density at radius 2 is 1.81 bits per heavy atom. The lowest BCUT2D eigenvalue weighted by Gasteiger charge is -2.05. The Bertz CT molecular complexity index is 1500. The minimum Gasteiger partial charge on any atom is -0.317 e. The number of rotatable bonds is 5. The second-order valence-electron chi connectivity index (χ2n) is 6.88. The van der Waals surface area contributed by atoms with Gasteiger partial charge in [-0.1, -0.05) is 41.7 Å². The highest BCUT2D eigenvalue weighted by atomic mass is 32.1. The summed E-state index contributed by atoms with van der Waals surface area (Å²) >= 11 is 1.28. The molecule has 0 saturated carbocycles. The molecule has 0 amide bonds. The van der Waals surface area contributed by atoms with E-state index < -0.39 is 4.92 Å². The summed E-state index contributed by atoms with van der Waals surface area (Å²) in [6, 6.07) is 19.8. The van der Waals surface area contributed by atoms with Crippen molar-refractivity contribution < 1.29 is 4.92 Å². The first kappa shape index (κ1) is 18.9.